The van der Waals surface area contributed by atoms with Crippen molar-refractivity contribution in [2.75, 3.05) is 0 Å². The Labute approximate surface area is 297 Å². The molecule has 0 saturated heterocycles. The molecule has 9 aromatic rings. The monoisotopic (exact) mass is 751 g/mol. The van der Waals surface area contributed by atoms with Crippen molar-refractivity contribution in [2.45, 2.75) is 0 Å². The summed E-state index contributed by atoms with van der Waals surface area (Å²) < 4.78 is 6.16. The molecule has 1 aliphatic heterocycles. The second kappa shape index (κ2) is 11.9. The number of aromatic nitrogens is 3. The number of para-hydroxylation sites is 2. The molecule has 4 heteroatoms. The molecular formula is C46H30IN3. The predicted molar refractivity (Wildman–Crippen MR) is 215 cm³/mol. The molecule has 0 atom stereocenters. The summed E-state index contributed by atoms with van der Waals surface area (Å²) in [6, 6.07) is 63.5. The fourth-order valence-corrected chi connectivity index (χ4v) is 13.1. The van der Waals surface area contributed by atoms with Crippen molar-refractivity contribution in [2.24, 2.45) is 0 Å². The van der Waals surface area contributed by atoms with Crippen molar-refractivity contribution in [3.05, 3.63) is 193 Å². The van der Waals surface area contributed by atoms with Crippen LogP contribution in [0, 0.1) is 11.0 Å². The van der Waals surface area contributed by atoms with Crippen LogP contribution in [0.4, 0.5) is 0 Å². The van der Waals surface area contributed by atoms with Crippen molar-refractivity contribution >= 4 is 41.6 Å². The molecule has 10 rings (SSSR count). The van der Waals surface area contributed by atoms with Gasteiger partial charge < -0.3 is 0 Å². The quantitative estimate of drug-likeness (QED) is 0.130. The summed E-state index contributed by atoms with van der Waals surface area (Å²) in [7, 11) is 0. The van der Waals surface area contributed by atoms with Crippen LogP contribution in [0.5, 0.6) is 0 Å². The average Bonchev–Trinajstić information content (AvgIpc) is 3.71. The van der Waals surface area contributed by atoms with E-state index in [0.717, 1.165) is 15.1 Å². The summed E-state index contributed by atoms with van der Waals surface area (Å²) in [5, 5.41) is 2.53. The van der Waals surface area contributed by atoms with E-state index in [1.165, 1.54) is 68.0 Å². The topological polar surface area (TPSA) is 30.7 Å². The molecule has 50 heavy (non-hydrogen) atoms. The minimum atomic E-state index is -2.13. The van der Waals surface area contributed by atoms with Crippen molar-refractivity contribution in [1.82, 2.24) is 14.5 Å². The Bertz CT molecular complexity index is 2700. The van der Waals surface area contributed by atoms with Crippen LogP contribution in [-0.2, 0) is 0 Å². The zero-order valence-electron chi connectivity index (χ0n) is 27.0. The van der Waals surface area contributed by atoms with Crippen LogP contribution in [0.2, 0.25) is 0 Å². The maximum atomic E-state index is 5.25. The van der Waals surface area contributed by atoms with Gasteiger partial charge in [-0.3, -0.25) is 0 Å². The van der Waals surface area contributed by atoms with Crippen LogP contribution in [0.25, 0.3) is 72.1 Å². The first-order valence-electron chi connectivity index (χ1n) is 16.8. The third-order valence-corrected chi connectivity index (χ3v) is 15.3. The van der Waals surface area contributed by atoms with E-state index in [4.69, 9.17) is 9.97 Å². The molecule has 0 fully saturated rings. The second-order valence-corrected chi connectivity index (χ2v) is 17.4. The normalized spacial score (nSPS) is 12.7. The Balaban J connectivity index is 1.05. The molecule has 0 spiro atoms. The molecular weight excluding hydrogens is 721 g/mol. The van der Waals surface area contributed by atoms with Crippen molar-refractivity contribution in [3.8, 4) is 50.3 Å². The van der Waals surface area contributed by atoms with E-state index in [9.17, 15) is 0 Å². The Morgan fingerprint density at radius 3 is 1.90 bits per heavy atom. The Kier molecular flexibility index (Phi) is 6.95. The third-order valence-electron chi connectivity index (χ3n) is 9.64. The zero-order chi connectivity index (χ0) is 33.0. The second-order valence-electron chi connectivity index (χ2n) is 12.5. The first-order chi connectivity index (χ1) is 24.8. The van der Waals surface area contributed by atoms with E-state index in [1.54, 1.807) is 0 Å². The number of halogens is 1. The number of benzene rings is 7. The van der Waals surface area contributed by atoms with Gasteiger partial charge in [0.2, 0.25) is 0 Å². The number of hydrogen-bond donors (Lipinski definition) is 0. The molecule has 1 aliphatic rings. The summed E-state index contributed by atoms with van der Waals surface area (Å²) in [4.78, 5) is 10.2. The van der Waals surface area contributed by atoms with Crippen molar-refractivity contribution in [3.63, 3.8) is 0 Å². The molecule has 3 nitrogen and oxygen atoms in total. The van der Waals surface area contributed by atoms with E-state index < -0.39 is 19.8 Å². The van der Waals surface area contributed by atoms with Gasteiger partial charge in [0.05, 0.1) is 0 Å². The Morgan fingerprint density at radius 2 is 1.04 bits per heavy atom. The van der Waals surface area contributed by atoms with Gasteiger partial charge in [-0.1, -0.05) is 6.07 Å². The molecule has 0 amide bonds. The standard InChI is InChI=1S/C46H30IN3/c1-3-11-31(12-4-1)32-19-21-33(22-20-32)43-27-28-48-46(49-43)47-41-17-9-7-15-37(41)39-29-34(23-25-42(39)47)35-24-26-45-40(30-35)38-16-8-10-18-44(38)50(45)36-13-5-2-6-14-36/h1-30H. The molecule has 0 bridgehead atoms. The van der Waals surface area contributed by atoms with E-state index >= 15 is 0 Å². The molecule has 2 aromatic heterocycles. The van der Waals surface area contributed by atoms with Crippen LogP contribution in [0.3, 0.4) is 0 Å². The van der Waals surface area contributed by atoms with Gasteiger partial charge in [0.1, 0.15) is 0 Å². The van der Waals surface area contributed by atoms with Gasteiger partial charge in [-0.25, -0.2) is 0 Å². The summed E-state index contributed by atoms with van der Waals surface area (Å²) in [6.07, 6.45) is 1.94. The van der Waals surface area contributed by atoms with Crippen LogP contribution >= 0.6 is 19.8 Å². The zero-order valence-corrected chi connectivity index (χ0v) is 29.2. The molecule has 236 valence electrons. The molecule has 7 aromatic carbocycles. The molecule has 0 N–H and O–H groups in total. The van der Waals surface area contributed by atoms with E-state index in [0.29, 0.717) is 0 Å². The summed E-state index contributed by atoms with van der Waals surface area (Å²) in [6.45, 7) is 0. The van der Waals surface area contributed by atoms with Crippen molar-refractivity contribution in [1.29, 1.82) is 0 Å². The molecule has 3 heterocycles. The van der Waals surface area contributed by atoms with Crippen molar-refractivity contribution < 1.29 is 0 Å². The first-order valence-corrected chi connectivity index (χ1v) is 20.0. The van der Waals surface area contributed by atoms with Gasteiger partial charge in [0, 0.05) is 0 Å². The fraction of sp³-hybridized carbons (Fsp3) is 0. The summed E-state index contributed by atoms with van der Waals surface area (Å²) in [5.74, 6) is 0. The van der Waals surface area contributed by atoms with Crippen LogP contribution < -0.4 is 0 Å². The number of rotatable bonds is 5. The number of hydrogen-bond acceptors (Lipinski definition) is 2. The number of fused-ring (bicyclic) bond motifs is 6. The van der Waals surface area contributed by atoms with E-state index in [1.807, 2.05) is 12.3 Å². The van der Waals surface area contributed by atoms with Crippen LogP contribution in [-0.4, -0.2) is 14.5 Å². The minimum absolute atomic E-state index is 0.970. The molecule has 0 aliphatic carbocycles. The summed E-state index contributed by atoms with van der Waals surface area (Å²) in [5.41, 5.74) is 13.2. The van der Waals surface area contributed by atoms with Gasteiger partial charge in [0.25, 0.3) is 0 Å². The van der Waals surface area contributed by atoms with Gasteiger partial charge in [-0.2, -0.15) is 0 Å². The third kappa shape index (κ3) is 4.78. The molecule has 0 unspecified atom stereocenters. The van der Waals surface area contributed by atoms with Gasteiger partial charge in [-0.05, 0) is 0 Å². The maximum absolute atomic E-state index is 5.25. The SMILES string of the molecule is c1ccc(-c2ccc(-c3ccnc(I4c5ccccc5-c5cc(-c6ccc7c(c6)c6ccccc6n7-c6ccccc6)ccc54)n3)cc2)cc1. The van der Waals surface area contributed by atoms with Crippen LogP contribution in [0.15, 0.2) is 182 Å². The Hall–Kier alpha value is -5.85. The molecule has 0 saturated carbocycles. The predicted octanol–water partition coefficient (Wildman–Crippen LogP) is 12.0. The van der Waals surface area contributed by atoms with Crippen LogP contribution in [0.1, 0.15) is 0 Å². The number of nitrogens with zero attached hydrogens (tertiary/aromatic N) is 3. The van der Waals surface area contributed by atoms with E-state index in [-0.39, 0.29) is 0 Å². The van der Waals surface area contributed by atoms with Gasteiger partial charge in [-0.15, -0.1) is 0 Å². The Morgan fingerprint density at radius 1 is 0.420 bits per heavy atom. The summed E-state index contributed by atoms with van der Waals surface area (Å²) >= 11 is -2.13. The molecule has 0 radical (unpaired) electrons. The van der Waals surface area contributed by atoms with E-state index in [2.05, 4.69) is 174 Å². The average molecular weight is 752 g/mol. The first kappa shape index (κ1) is 29.1. The fourth-order valence-electron chi connectivity index (χ4n) is 7.27. The van der Waals surface area contributed by atoms with Gasteiger partial charge in [0.15, 0.2) is 0 Å². The van der Waals surface area contributed by atoms with Gasteiger partial charge >= 0.3 is 294 Å².